The minimum absolute atomic E-state index is 0.0481. The van der Waals surface area contributed by atoms with Gasteiger partial charge in [0.15, 0.2) is 0 Å². The Labute approximate surface area is 177 Å². The van der Waals surface area contributed by atoms with Gasteiger partial charge >= 0.3 is 0 Å². The summed E-state index contributed by atoms with van der Waals surface area (Å²) in [6.45, 7) is 1.39. The van der Waals surface area contributed by atoms with Gasteiger partial charge < -0.3 is 10.2 Å². The molecule has 0 saturated heterocycles. The molecule has 0 saturated carbocycles. The largest absolute Gasteiger partial charge is 0.312 e. The van der Waals surface area contributed by atoms with Crippen molar-refractivity contribution in [3.8, 4) is 0 Å². The fourth-order valence-corrected chi connectivity index (χ4v) is 5.77. The zero-order valence-electron chi connectivity index (χ0n) is 15.4. The van der Waals surface area contributed by atoms with Gasteiger partial charge in [-0.25, -0.2) is 12.8 Å². The molecule has 6 nitrogen and oxygen atoms in total. The molecule has 2 aromatic rings. The Balaban J connectivity index is 1.45. The third-order valence-corrected chi connectivity index (χ3v) is 7.51. The summed E-state index contributed by atoms with van der Waals surface area (Å²) in [5.74, 6) is -1.14. The zero-order chi connectivity index (χ0) is 20.6. The predicted molar refractivity (Wildman–Crippen MR) is 112 cm³/mol. The molecule has 154 valence electrons. The Morgan fingerprint density at radius 1 is 1.28 bits per heavy atom. The van der Waals surface area contributed by atoms with Gasteiger partial charge in [-0.3, -0.25) is 9.52 Å². The minimum Gasteiger partial charge on any atom is -0.312 e. The SMILES string of the molecule is O=C1C(NS(=O)(=O)CCc2ccc(Cl)s2)=CCN1c1ccc2c(c1F)CCNC2. The maximum Gasteiger partial charge on any atom is 0.275 e. The van der Waals surface area contributed by atoms with Crippen LogP contribution < -0.4 is 14.9 Å². The Morgan fingerprint density at radius 2 is 2.10 bits per heavy atom. The number of sulfonamides is 1. The fourth-order valence-electron chi connectivity index (χ4n) is 3.46. The van der Waals surface area contributed by atoms with Gasteiger partial charge in [-0.2, -0.15) is 0 Å². The molecular formula is C19H19ClFN3O3S2. The second-order valence-corrected chi connectivity index (χ2v) is 10.5. The number of thiophene rings is 1. The summed E-state index contributed by atoms with van der Waals surface area (Å²) in [7, 11) is -3.72. The molecule has 4 rings (SSSR count). The highest BCUT2D eigenvalue weighted by atomic mass is 35.5. The van der Waals surface area contributed by atoms with Crippen LogP contribution in [0, 0.1) is 5.82 Å². The van der Waals surface area contributed by atoms with Crippen molar-refractivity contribution in [1.29, 1.82) is 0 Å². The van der Waals surface area contributed by atoms with Crippen LogP contribution in [-0.4, -0.2) is 33.2 Å². The summed E-state index contributed by atoms with van der Waals surface area (Å²) in [6, 6.07) is 6.87. The van der Waals surface area contributed by atoms with Crippen LogP contribution in [0.1, 0.15) is 16.0 Å². The molecule has 0 bridgehead atoms. The lowest BCUT2D eigenvalue weighted by Crippen LogP contribution is -2.35. The molecule has 10 heteroatoms. The molecule has 0 atom stereocenters. The first-order valence-electron chi connectivity index (χ1n) is 9.12. The summed E-state index contributed by atoms with van der Waals surface area (Å²) in [4.78, 5) is 14.8. The minimum atomic E-state index is -3.72. The van der Waals surface area contributed by atoms with Gasteiger partial charge in [-0.1, -0.05) is 17.7 Å². The number of halogens is 2. The fraction of sp³-hybridized carbons (Fsp3) is 0.316. The lowest BCUT2D eigenvalue weighted by Gasteiger charge is -2.23. The van der Waals surface area contributed by atoms with E-state index in [1.807, 2.05) is 6.07 Å². The average molecular weight is 456 g/mol. The molecule has 1 aromatic carbocycles. The maximum atomic E-state index is 15.0. The van der Waals surface area contributed by atoms with E-state index >= 15 is 0 Å². The topological polar surface area (TPSA) is 78.5 Å². The van der Waals surface area contributed by atoms with Crippen molar-refractivity contribution in [2.24, 2.45) is 0 Å². The zero-order valence-corrected chi connectivity index (χ0v) is 17.8. The van der Waals surface area contributed by atoms with Crippen molar-refractivity contribution < 1.29 is 17.6 Å². The van der Waals surface area contributed by atoms with Crippen LogP contribution >= 0.6 is 22.9 Å². The highest BCUT2D eigenvalue weighted by molar-refractivity contribution is 7.89. The first-order valence-corrected chi connectivity index (χ1v) is 12.0. The number of nitrogens with zero attached hydrogens (tertiary/aromatic N) is 1. The standard InChI is InChI=1S/C19H19ClFN3O3S2/c20-17-4-2-13(28-17)7-10-29(26,27)23-15-6-9-24(19(15)25)16-3-1-12-11-22-8-5-14(12)18(16)21/h1-4,6,22-23H,5,7-11H2. The van der Waals surface area contributed by atoms with Gasteiger partial charge in [-0.05, 0) is 54.8 Å². The van der Waals surface area contributed by atoms with Crippen LogP contribution in [0.2, 0.25) is 4.34 Å². The highest BCUT2D eigenvalue weighted by Gasteiger charge is 2.31. The summed E-state index contributed by atoms with van der Waals surface area (Å²) in [6.07, 6.45) is 2.32. The molecule has 0 fully saturated rings. The van der Waals surface area contributed by atoms with Crippen molar-refractivity contribution >= 4 is 44.6 Å². The second kappa shape index (κ2) is 8.06. The maximum absolute atomic E-state index is 15.0. The highest BCUT2D eigenvalue weighted by Crippen LogP contribution is 2.30. The molecule has 2 aliphatic heterocycles. The molecule has 0 radical (unpaired) electrons. The van der Waals surface area contributed by atoms with Crippen LogP contribution in [-0.2, 0) is 34.2 Å². The van der Waals surface area contributed by atoms with Crippen molar-refractivity contribution in [1.82, 2.24) is 10.0 Å². The lowest BCUT2D eigenvalue weighted by molar-refractivity contribution is -0.114. The number of carbonyl (C=O) groups is 1. The number of carbonyl (C=O) groups excluding carboxylic acids is 1. The molecule has 3 heterocycles. The van der Waals surface area contributed by atoms with Gasteiger partial charge in [0.25, 0.3) is 5.91 Å². The van der Waals surface area contributed by atoms with Gasteiger partial charge in [-0.15, -0.1) is 11.3 Å². The van der Waals surface area contributed by atoms with Crippen LogP contribution in [0.3, 0.4) is 0 Å². The molecule has 2 aliphatic rings. The Morgan fingerprint density at radius 3 is 2.86 bits per heavy atom. The van der Waals surface area contributed by atoms with Crippen LogP contribution in [0.15, 0.2) is 36.0 Å². The monoisotopic (exact) mass is 455 g/mol. The normalized spacial score (nSPS) is 16.7. The number of hydrogen-bond acceptors (Lipinski definition) is 5. The van der Waals surface area contributed by atoms with E-state index in [2.05, 4.69) is 10.0 Å². The molecule has 1 aromatic heterocycles. The van der Waals surface area contributed by atoms with Crippen molar-refractivity contribution in [3.05, 3.63) is 62.2 Å². The Bertz CT molecular complexity index is 1100. The van der Waals surface area contributed by atoms with E-state index in [0.29, 0.717) is 35.8 Å². The Kier molecular flexibility index (Phi) is 5.65. The quantitative estimate of drug-likeness (QED) is 0.701. The van der Waals surface area contributed by atoms with E-state index in [4.69, 9.17) is 11.6 Å². The van der Waals surface area contributed by atoms with Crippen molar-refractivity contribution in [2.45, 2.75) is 19.4 Å². The number of benzene rings is 1. The van der Waals surface area contributed by atoms with Crippen LogP contribution in [0.25, 0.3) is 0 Å². The number of anilines is 1. The number of nitrogens with one attached hydrogen (secondary N) is 2. The summed E-state index contributed by atoms with van der Waals surface area (Å²) in [5.41, 5.74) is 1.62. The molecule has 2 N–H and O–H groups in total. The molecule has 1 amide bonds. The number of rotatable bonds is 6. The number of fused-ring (bicyclic) bond motifs is 1. The summed E-state index contributed by atoms with van der Waals surface area (Å²) < 4.78 is 42.7. The van der Waals surface area contributed by atoms with Crippen molar-refractivity contribution in [2.75, 3.05) is 23.7 Å². The summed E-state index contributed by atoms with van der Waals surface area (Å²) in [5, 5.41) is 3.18. The molecule has 29 heavy (non-hydrogen) atoms. The van der Waals surface area contributed by atoms with Gasteiger partial charge in [0, 0.05) is 18.0 Å². The van der Waals surface area contributed by atoms with E-state index < -0.39 is 21.7 Å². The van der Waals surface area contributed by atoms with Gasteiger partial charge in [0.2, 0.25) is 10.0 Å². The number of hydrogen-bond donors (Lipinski definition) is 2. The third kappa shape index (κ3) is 4.32. The van der Waals surface area contributed by atoms with E-state index in [9.17, 15) is 17.6 Å². The first-order chi connectivity index (χ1) is 13.8. The van der Waals surface area contributed by atoms with Crippen LogP contribution in [0.5, 0.6) is 0 Å². The van der Waals surface area contributed by atoms with E-state index in [1.165, 1.54) is 22.3 Å². The van der Waals surface area contributed by atoms with E-state index in [-0.39, 0.29) is 23.7 Å². The smallest absolute Gasteiger partial charge is 0.275 e. The first kappa shape index (κ1) is 20.3. The number of amides is 1. The Hall–Kier alpha value is -1.94. The molecule has 0 unspecified atom stereocenters. The molecule has 0 spiro atoms. The lowest BCUT2D eigenvalue weighted by atomic mass is 9.99. The molecular weight excluding hydrogens is 437 g/mol. The van der Waals surface area contributed by atoms with Gasteiger partial charge in [0.1, 0.15) is 11.5 Å². The van der Waals surface area contributed by atoms with Crippen molar-refractivity contribution in [3.63, 3.8) is 0 Å². The van der Waals surface area contributed by atoms with E-state index in [0.717, 1.165) is 10.4 Å². The predicted octanol–water partition coefficient (Wildman–Crippen LogP) is 2.58. The average Bonchev–Trinajstić information content (AvgIpc) is 3.27. The second-order valence-electron chi connectivity index (χ2n) is 6.87. The number of aryl methyl sites for hydroxylation is 1. The van der Waals surface area contributed by atoms with Crippen LogP contribution in [0.4, 0.5) is 10.1 Å². The third-order valence-electron chi connectivity index (χ3n) is 4.94. The summed E-state index contributed by atoms with van der Waals surface area (Å²) >= 11 is 7.18. The molecule has 0 aliphatic carbocycles. The van der Waals surface area contributed by atoms with Gasteiger partial charge in [0.05, 0.1) is 15.8 Å². The van der Waals surface area contributed by atoms with E-state index in [1.54, 1.807) is 18.2 Å².